The summed E-state index contributed by atoms with van der Waals surface area (Å²) in [4.78, 5) is 33.5. The molecule has 1 fully saturated rings. The second-order valence-electron chi connectivity index (χ2n) is 2.16. The fourth-order valence-electron chi connectivity index (χ4n) is 0.861. The Kier molecular flexibility index (Phi) is 1.55. The predicted octanol–water partition coefficient (Wildman–Crippen LogP) is -0.879. The molecule has 2 rings (SSSR count). The summed E-state index contributed by atoms with van der Waals surface area (Å²) >= 11 is 0.861. The molecular formula is C5H2N4O3S. The number of carbonyl (C=O) groups excluding carboxylic acids is 3. The smallest absolute Gasteiger partial charge is 0.269 e. The van der Waals surface area contributed by atoms with Crippen LogP contribution in [0.3, 0.4) is 0 Å². The van der Waals surface area contributed by atoms with Crippen LogP contribution in [0, 0.1) is 0 Å². The van der Waals surface area contributed by atoms with Crippen molar-refractivity contribution in [1.82, 2.24) is 14.9 Å². The van der Waals surface area contributed by atoms with Gasteiger partial charge in [-0.05, 0) is 0 Å². The van der Waals surface area contributed by atoms with Crippen LogP contribution in [0.5, 0.6) is 0 Å². The highest BCUT2D eigenvalue weighted by molar-refractivity contribution is 7.10. The van der Waals surface area contributed by atoms with E-state index >= 15 is 0 Å². The Morgan fingerprint density at radius 3 is 2.62 bits per heavy atom. The van der Waals surface area contributed by atoms with Gasteiger partial charge < -0.3 is 0 Å². The van der Waals surface area contributed by atoms with E-state index in [1.54, 1.807) is 0 Å². The number of carbonyl (C=O) groups is 3. The maximum absolute atomic E-state index is 11.1. The van der Waals surface area contributed by atoms with Crippen molar-refractivity contribution in [3.8, 4) is 0 Å². The van der Waals surface area contributed by atoms with Crippen LogP contribution in [0.1, 0.15) is 0 Å². The molecule has 0 atom stereocenters. The lowest BCUT2D eigenvalue weighted by Crippen LogP contribution is -2.29. The van der Waals surface area contributed by atoms with Gasteiger partial charge in [0.2, 0.25) is 0 Å². The van der Waals surface area contributed by atoms with Gasteiger partial charge in [-0.3, -0.25) is 14.9 Å². The Bertz CT molecular complexity index is 386. The highest BCUT2D eigenvalue weighted by atomic mass is 32.1. The minimum atomic E-state index is -0.932. The average Bonchev–Trinajstić information content (AvgIpc) is 2.63. The van der Waals surface area contributed by atoms with Gasteiger partial charge in [-0.15, -0.1) is 5.10 Å². The number of anilines is 1. The van der Waals surface area contributed by atoms with Gasteiger partial charge in [0.05, 0.1) is 6.20 Å². The van der Waals surface area contributed by atoms with Gasteiger partial charge >= 0.3 is 17.8 Å². The van der Waals surface area contributed by atoms with Crippen molar-refractivity contribution in [2.24, 2.45) is 0 Å². The van der Waals surface area contributed by atoms with Gasteiger partial charge in [-0.25, -0.2) is 9.69 Å². The normalized spacial score (nSPS) is 16.6. The van der Waals surface area contributed by atoms with Gasteiger partial charge in [-0.2, -0.15) is 0 Å². The van der Waals surface area contributed by atoms with Crippen LogP contribution in [0.4, 0.5) is 9.80 Å². The zero-order valence-electron chi connectivity index (χ0n) is 6.05. The number of hydrogen-bond acceptors (Lipinski definition) is 6. The Morgan fingerprint density at radius 2 is 2.15 bits per heavy atom. The molecule has 1 aliphatic rings. The van der Waals surface area contributed by atoms with E-state index in [9.17, 15) is 14.4 Å². The van der Waals surface area contributed by atoms with Crippen molar-refractivity contribution in [3.05, 3.63) is 6.20 Å². The molecule has 1 aliphatic heterocycles. The zero-order valence-corrected chi connectivity index (χ0v) is 6.87. The Balaban J connectivity index is 2.40. The summed E-state index contributed by atoms with van der Waals surface area (Å²) in [6.45, 7) is 0. The van der Waals surface area contributed by atoms with Crippen LogP contribution in [0.25, 0.3) is 0 Å². The van der Waals surface area contributed by atoms with Gasteiger partial charge in [0.25, 0.3) is 0 Å². The molecule has 0 aliphatic carbocycles. The molecule has 2 heterocycles. The van der Waals surface area contributed by atoms with Crippen LogP contribution < -0.4 is 10.2 Å². The molecule has 13 heavy (non-hydrogen) atoms. The van der Waals surface area contributed by atoms with Crippen molar-refractivity contribution in [1.29, 1.82) is 0 Å². The lowest BCUT2D eigenvalue weighted by atomic mass is 10.5. The van der Waals surface area contributed by atoms with E-state index in [4.69, 9.17) is 0 Å². The first kappa shape index (κ1) is 7.80. The molecule has 0 spiro atoms. The maximum Gasteiger partial charge on any atom is 0.336 e. The third-order valence-corrected chi connectivity index (χ3v) is 2.04. The molecule has 0 unspecified atom stereocenters. The maximum atomic E-state index is 11.1. The van der Waals surface area contributed by atoms with Crippen molar-refractivity contribution >= 4 is 34.4 Å². The number of rotatable bonds is 1. The van der Waals surface area contributed by atoms with E-state index in [2.05, 4.69) is 9.59 Å². The number of nitrogens with zero attached hydrogens (tertiary/aromatic N) is 3. The van der Waals surface area contributed by atoms with Crippen LogP contribution >= 0.6 is 11.5 Å². The third-order valence-electron chi connectivity index (χ3n) is 1.39. The number of nitrogens with one attached hydrogen (secondary N) is 1. The molecule has 1 aromatic heterocycles. The zero-order chi connectivity index (χ0) is 9.42. The first-order valence-corrected chi connectivity index (χ1v) is 3.94. The molecule has 0 aromatic carbocycles. The molecule has 7 nitrogen and oxygen atoms in total. The lowest BCUT2D eigenvalue weighted by Gasteiger charge is -2.04. The van der Waals surface area contributed by atoms with Gasteiger partial charge in [0.15, 0.2) is 0 Å². The van der Waals surface area contributed by atoms with Gasteiger partial charge in [0.1, 0.15) is 5.00 Å². The second-order valence-corrected chi connectivity index (χ2v) is 2.92. The topological polar surface area (TPSA) is 92.3 Å². The molecule has 0 saturated carbocycles. The molecular weight excluding hydrogens is 196 g/mol. The Morgan fingerprint density at radius 1 is 1.38 bits per heavy atom. The number of aromatic nitrogens is 2. The summed E-state index contributed by atoms with van der Waals surface area (Å²) in [5, 5.41) is 5.53. The molecule has 0 bridgehead atoms. The summed E-state index contributed by atoms with van der Waals surface area (Å²) in [6, 6.07) is -0.763. The standard InChI is InChI=1S/C5H2N4O3S/c10-3-4(11)9(5(12)7-3)2-1-6-8-13-2/h1H,(H,7,10,12). The van der Waals surface area contributed by atoms with E-state index in [0.29, 0.717) is 4.90 Å². The number of imide groups is 2. The highest BCUT2D eigenvalue weighted by Crippen LogP contribution is 2.19. The van der Waals surface area contributed by atoms with E-state index in [1.165, 1.54) is 6.20 Å². The fourth-order valence-corrected chi connectivity index (χ4v) is 1.38. The molecule has 66 valence electrons. The first-order valence-electron chi connectivity index (χ1n) is 3.17. The lowest BCUT2D eigenvalue weighted by molar-refractivity contribution is -0.134. The van der Waals surface area contributed by atoms with Crippen molar-refractivity contribution in [3.63, 3.8) is 0 Å². The SMILES string of the molecule is O=C1NC(=O)N(c2cnns2)C1=O. The summed E-state index contributed by atoms with van der Waals surface area (Å²) in [5.74, 6) is -1.84. The average molecular weight is 198 g/mol. The number of urea groups is 1. The molecule has 4 amide bonds. The molecule has 8 heteroatoms. The van der Waals surface area contributed by atoms with Gasteiger partial charge in [0, 0.05) is 11.5 Å². The summed E-state index contributed by atoms with van der Waals surface area (Å²) in [5.41, 5.74) is 0. The highest BCUT2D eigenvalue weighted by Gasteiger charge is 2.39. The Hall–Kier alpha value is -1.83. The van der Waals surface area contributed by atoms with Crippen LogP contribution in [0.15, 0.2) is 6.20 Å². The summed E-state index contributed by atoms with van der Waals surface area (Å²) in [6.07, 6.45) is 1.24. The minimum absolute atomic E-state index is 0.230. The van der Waals surface area contributed by atoms with Crippen LogP contribution in [-0.2, 0) is 9.59 Å². The fraction of sp³-hybridized carbons (Fsp3) is 0. The van der Waals surface area contributed by atoms with Crippen molar-refractivity contribution in [2.75, 3.05) is 4.90 Å². The minimum Gasteiger partial charge on any atom is -0.269 e. The molecule has 1 N–H and O–H groups in total. The van der Waals surface area contributed by atoms with Gasteiger partial charge in [-0.1, -0.05) is 4.49 Å². The molecule has 1 aromatic rings. The number of amides is 4. The van der Waals surface area contributed by atoms with Crippen LogP contribution in [-0.4, -0.2) is 27.4 Å². The Labute approximate surface area is 75.5 Å². The van der Waals surface area contributed by atoms with Crippen LogP contribution in [0.2, 0.25) is 0 Å². The van der Waals surface area contributed by atoms with E-state index in [1.807, 2.05) is 5.32 Å². The third kappa shape index (κ3) is 1.07. The predicted molar refractivity (Wildman–Crippen MR) is 40.9 cm³/mol. The summed E-state index contributed by atoms with van der Waals surface area (Å²) < 4.78 is 3.47. The second kappa shape index (κ2) is 2.59. The monoisotopic (exact) mass is 198 g/mol. The van der Waals surface area contributed by atoms with E-state index in [0.717, 1.165) is 11.5 Å². The van der Waals surface area contributed by atoms with Crippen molar-refractivity contribution < 1.29 is 14.4 Å². The quantitative estimate of drug-likeness (QED) is 0.467. The summed E-state index contributed by atoms with van der Waals surface area (Å²) in [7, 11) is 0. The van der Waals surface area contributed by atoms with Crippen molar-refractivity contribution in [2.45, 2.75) is 0 Å². The largest absolute Gasteiger partial charge is 0.336 e. The van der Waals surface area contributed by atoms with E-state index < -0.39 is 17.8 Å². The molecule has 0 radical (unpaired) electrons. The number of hydrogen-bond donors (Lipinski definition) is 1. The first-order chi connectivity index (χ1) is 6.20. The molecule has 1 saturated heterocycles. The van der Waals surface area contributed by atoms with E-state index in [-0.39, 0.29) is 5.00 Å².